The van der Waals surface area contributed by atoms with E-state index in [1.54, 1.807) is 6.92 Å². The number of ether oxygens (including phenoxy) is 1. The Bertz CT molecular complexity index is 320. The zero-order chi connectivity index (χ0) is 15.4. The molecule has 0 aliphatic rings. The molecular weight excluding hydrogens is 264 g/mol. The molecule has 1 unspecified atom stereocenters. The molecular formula is C13H24N2O5. The van der Waals surface area contributed by atoms with E-state index < -0.39 is 17.9 Å². The monoisotopic (exact) mass is 288 g/mol. The summed E-state index contributed by atoms with van der Waals surface area (Å²) in [5.41, 5.74) is 0. The first-order chi connectivity index (χ1) is 9.51. The molecule has 0 aromatic rings. The van der Waals surface area contributed by atoms with Crippen molar-refractivity contribution in [3.8, 4) is 0 Å². The minimum absolute atomic E-state index is 0.104. The highest BCUT2D eigenvalue weighted by molar-refractivity contribution is 5.76. The molecule has 0 heterocycles. The van der Waals surface area contributed by atoms with Gasteiger partial charge in [0.25, 0.3) is 0 Å². The lowest BCUT2D eigenvalue weighted by atomic mass is 10.0. The molecule has 0 aromatic heterocycles. The van der Waals surface area contributed by atoms with E-state index in [0.29, 0.717) is 26.0 Å². The van der Waals surface area contributed by atoms with Gasteiger partial charge in [0.1, 0.15) is 0 Å². The van der Waals surface area contributed by atoms with E-state index in [2.05, 4.69) is 10.6 Å². The highest BCUT2D eigenvalue weighted by Gasteiger charge is 2.16. The second kappa shape index (κ2) is 11.1. The average molecular weight is 288 g/mol. The first-order valence-electron chi connectivity index (χ1n) is 6.91. The van der Waals surface area contributed by atoms with E-state index in [9.17, 15) is 14.4 Å². The van der Waals surface area contributed by atoms with Crippen LogP contribution in [0.5, 0.6) is 0 Å². The van der Waals surface area contributed by atoms with Gasteiger partial charge < -0.3 is 20.5 Å². The molecule has 0 aliphatic carbocycles. The minimum Gasteiger partial charge on any atom is -0.481 e. The molecule has 116 valence electrons. The molecule has 0 fully saturated rings. The van der Waals surface area contributed by atoms with Gasteiger partial charge in [0, 0.05) is 19.5 Å². The molecule has 2 amide bonds. The summed E-state index contributed by atoms with van der Waals surface area (Å²) in [6.45, 7) is 4.42. The Morgan fingerprint density at radius 1 is 1.20 bits per heavy atom. The largest absolute Gasteiger partial charge is 0.481 e. The van der Waals surface area contributed by atoms with Crippen molar-refractivity contribution in [2.45, 2.75) is 39.5 Å². The molecule has 7 nitrogen and oxygen atoms in total. The zero-order valence-corrected chi connectivity index (χ0v) is 12.1. The van der Waals surface area contributed by atoms with Gasteiger partial charge in [0.05, 0.1) is 12.5 Å². The summed E-state index contributed by atoms with van der Waals surface area (Å²) in [4.78, 5) is 33.3. The maximum absolute atomic E-state index is 11.4. The van der Waals surface area contributed by atoms with Crippen LogP contribution in [0.4, 0.5) is 4.79 Å². The second-order valence-corrected chi connectivity index (χ2v) is 4.37. The first-order valence-corrected chi connectivity index (χ1v) is 6.91. The van der Waals surface area contributed by atoms with Gasteiger partial charge in [-0.25, -0.2) is 4.79 Å². The molecule has 0 rings (SSSR count). The Kier molecular flexibility index (Phi) is 10.1. The van der Waals surface area contributed by atoms with Crippen molar-refractivity contribution in [3.05, 3.63) is 0 Å². The SMILES string of the molecule is CCCC(CNC(=O)NCCCC(=O)OCC)C(=O)O. The van der Waals surface area contributed by atoms with Crippen LogP contribution >= 0.6 is 0 Å². The Hall–Kier alpha value is -1.79. The van der Waals surface area contributed by atoms with Gasteiger partial charge in [-0.2, -0.15) is 0 Å². The Morgan fingerprint density at radius 3 is 2.45 bits per heavy atom. The predicted octanol–water partition coefficient (Wildman–Crippen LogP) is 1.13. The molecule has 0 radical (unpaired) electrons. The fraction of sp³-hybridized carbons (Fsp3) is 0.769. The fourth-order valence-corrected chi connectivity index (χ4v) is 1.61. The first kappa shape index (κ1) is 18.2. The lowest BCUT2D eigenvalue weighted by Gasteiger charge is -2.12. The van der Waals surface area contributed by atoms with Crippen molar-refractivity contribution in [1.29, 1.82) is 0 Å². The van der Waals surface area contributed by atoms with E-state index in [-0.39, 0.29) is 18.9 Å². The van der Waals surface area contributed by atoms with E-state index in [0.717, 1.165) is 6.42 Å². The van der Waals surface area contributed by atoms with Crippen LogP contribution < -0.4 is 10.6 Å². The third-order valence-corrected chi connectivity index (χ3v) is 2.64. The molecule has 0 saturated heterocycles. The number of carbonyl (C=O) groups excluding carboxylic acids is 2. The van der Waals surface area contributed by atoms with Gasteiger partial charge in [-0.15, -0.1) is 0 Å². The molecule has 1 atom stereocenters. The van der Waals surface area contributed by atoms with Gasteiger partial charge in [0.2, 0.25) is 0 Å². The molecule has 0 saturated carbocycles. The number of carboxylic acids is 1. The molecule has 7 heteroatoms. The maximum atomic E-state index is 11.4. The summed E-state index contributed by atoms with van der Waals surface area (Å²) in [5.74, 6) is -1.76. The summed E-state index contributed by atoms with van der Waals surface area (Å²) in [7, 11) is 0. The smallest absolute Gasteiger partial charge is 0.314 e. The quantitative estimate of drug-likeness (QED) is 0.413. The maximum Gasteiger partial charge on any atom is 0.314 e. The third kappa shape index (κ3) is 9.18. The number of urea groups is 1. The molecule has 0 bridgehead atoms. The van der Waals surface area contributed by atoms with Gasteiger partial charge in [-0.3, -0.25) is 9.59 Å². The van der Waals surface area contributed by atoms with Gasteiger partial charge in [-0.1, -0.05) is 13.3 Å². The Labute approximate surface area is 119 Å². The second-order valence-electron chi connectivity index (χ2n) is 4.37. The number of hydrogen-bond donors (Lipinski definition) is 3. The molecule has 20 heavy (non-hydrogen) atoms. The number of carboxylic acid groups (broad SMARTS) is 1. The van der Waals surface area contributed by atoms with Crippen LogP contribution in [0.3, 0.4) is 0 Å². The predicted molar refractivity (Wildman–Crippen MR) is 73.3 cm³/mol. The van der Waals surface area contributed by atoms with Crippen molar-refractivity contribution >= 4 is 18.0 Å². The summed E-state index contributed by atoms with van der Waals surface area (Å²) in [6, 6.07) is -0.420. The van der Waals surface area contributed by atoms with Crippen molar-refractivity contribution in [1.82, 2.24) is 10.6 Å². The third-order valence-electron chi connectivity index (χ3n) is 2.64. The normalized spacial score (nSPS) is 11.5. The number of hydrogen-bond acceptors (Lipinski definition) is 4. The zero-order valence-electron chi connectivity index (χ0n) is 12.1. The molecule has 3 N–H and O–H groups in total. The van der Waals surface area contributed by atoms with Crippen LogP contribution in [-0.4, -0.2) is 42.8 Å². The minimum atomic E-state index is -0.908. The Morgan fingerprint density at radius 2 is 1.90 bits per heavy atom. The average Bonchev–Trinajstić information content (AvgIpc) is 2.39. The summed E-state index contributed by atoms with van der Waals surface area (Å²) in [5, 5.41) is 14.0. The van der Waals surface area contributed by atoms with E-state index in [4.69, 9.17) is 9.84 Å². The number of aliphatic carboxylic acids is 1. The van der Waals surface area contributed by atoms with Crippen LogP contribution in [-0.2, 0) is 14.3 Å². The van der Waals surface area contributed by atoms with Crippen LogP contribution in [0.1, 0.15) is 39.5 Å². The molecule has 0 aliphatic heterocycles. The van der Waals surface area contributed by atoms with E-state index in [1.807, 2.05) is 6.92 Å². The van der Waals surface area contributed by atoms with Crippen molar-refractivity contribution < 1.29 is 24.2 Å². The van der Waals surface area contributed by atoms with Crippen molar-refractivity contribution in [2.24, 2.45) is 5.92 Å². The number of esters is 1. The number of nitrogens with one attached hydrogen (secondary N) is 2. The molecule has 0 aromatic carbocycles. The highest BCUT2D eigenvalue weighted by atomic mass is 16.5. The molecule has 0 spiro atoms. The Balaban J connectivity index is 3.72. The van der Waals surface area contributed by atoms with Gasteiger partial charge in [0.15, 0.2) is 0 Å². The summed E-state index contributed by atoms with van der Waals surface area (Å²) >= 11 is 0. The summed E-state index contributed by atoms with van der Waals surface area (Å²) in [6.07, 6.45) is 2.02. The van der Waals surface area contributed by atoms with E-state index >= 15 is 0 Å². The van der Waals surface area contributed by atoms with Crippen LogP contribution in [0.2, 0.25) is 0 Å². The highest BCUT2D eigenvalue weighted by Crippen LogP contribution is 2.04. The number of rotatable bonds is 10. The van der Waals surface area contributed by atoms with Gasteiger partial charge >= 0.3 is 18.0 Å². The number of amides is 2. The van der Waals surface area contributed by atoms with Crippen molar-refractivity contribution in [3.63, 3.8) is 0 Å². The summed E-state index contributed by atoms with van der Waals surface area (Å²) < 4.78 is 4.75. The van der Waals surface area contributed by atoms with Crippen LogP contribution in [0, 0.1) is 5.92 Å². The van der Waals surface area contributed by atoms with Crippen molar-refractivity contribution in [2.75, 3.05) is 19.7 Å². The number of carbonyl (C=O) groups is 3. The fourth-order valence-electron chi connectivity index (χ4n) is 1.61. The van der Waals surface area contributed by atoms with E-state index in [1.165, 1.54) is 0 Å². The van der Waals surface area contributed by atoms with Crippen LogP contribution in [0.25, 0.3) is 0 Å². The van der Waals surface area contributed by atoms with Crippen LogP contribution in [0.15, 0.2) is 0 Å². The lowest BCUT2D eigenvalue weighted by molar-refractivity contribution is -0.143. The van der Waals surface area contributed by atoms with Gasteiger partial charge in [-0.05, 0) is 19.8 Å². The standard InChI is InChI=1S/C13H24N2O5/c1-3-6-10(12(17)18)9-15-13(19)14-8-5-7-11(16)20-4-2/h10H,3-9H2,1-2H3,(H,17,18)(H2,14,15,19). The topological polar surface area (TPSA) is 105 Å². The lowest BCUT2D eigenvalue weighted by Crippen LogP contribution is -2.40.